The van der Waals surface area contributed by atoms with Crippen LogP contribution >= 0.6 is 0 Å². The molecule has 18 heavy (non-hydrogen) atoms. The molecule has 1 aliphatic rings. The lowest BCUT2D eigenvalue weighted by molar-refractivity contribution is -0.0453. The van der Waals surface area contributed by atoms with Crippen LogP contribution in [0.1, 0.15) is 26.7 Å². The number of piperidine rings is 1. The number of hydrogen-bond donors (Lipinski definition) is 1. The van der Waals surface area contributed by atoms with E-state index in [-0.39, 0.29) is 5.54 Å². The normalized spacial score (nSPS) is 25.3. The molecule has 2 atom stereocenters. The van der Waals surface area contributed by atoms with Gasteiger partial charge in [0.1, 0.15) is 0 Å². The van der Waals surface area contributed by atoms with Gasteiger partial charge >= 0.3 is 0 Å². The molecular formula is C14H30N2O2. The highest BCUT2D eigenvalue weighted by molar-refractivity contribution is 4.96. The maximum atomic E-state index is 6.09. The van der Waals surface area contributed by atoms with Crippen molar-refractivity contribution in [3.63, 3.8) is 0 Å². The van der Waals surface area contributed by atoms with Crippen LogP contribution < -0.4 is 5.73 Å². The monoisotopic (exact) mass is 258 g/mol. The van der Waals surface area contributed by atoms with Crippen LogP contribution in [0, 0.1) is 11.8 Å². The smallest absolute Gasteiger partial charge is 0.0661 e. The average Bonchev–Trinajstić information content (AvgIpc) is 2.36. The molecule has 0 aromatic carbocycles. The first-order valence-electron chi connectivity index (χ1n) is 7.03. The zero-order valence-electron chi connectivity index (χ0n) is 12.4. The molecule has 2 N–H and O–H groups in total. The molecule has 0 radical (unpaired) electrons. The van der Waals surface area contributed by atoms with Crippen molar-refractivity contribution in [1.82, 2.24) is 4.90 Å². The van der Waals surface area contributed by atoms with Crippen molar-refractivity contribution < 1.29 is 9.47 Å². The van der Waals surface area contributed by atoms with Crippen LogP contribution in [0.5, 0.6) is 0 Å². The lowest BCUT2D eigenvalue weighted by Gasteiger charge is -2.49. The standard InChI is InChI=1S/C14H30N2O2/c1-12(2)14(10-15,11-18-4)16-7-5-6-13(8-16)9-17-3/h12-13H,5-11,15H2,1-4H3. The first-order valence-corrected chi connectivity index (χ1v) is 7.03. The van der Waals surface area contributed by atoms with E-state index in [2.05, 4.69) is 18.7 Å². The van der Waals surface area contributed by atoms with E-state index in [1.54, 1.807) is 14.2 Å². The highest BCUT2D eigenvalue weighted by Gasteiger charge is 2.40. The third-order valence-electron chi connectivity index (χ3n) is 4.37. The van der Waals surface area contributed by atoms with Gasteiger partial charge in [-0.25, -0.2) is 0 Å². The number of rotatable bonds is 7. The van der Waals surface area contributed by atoms with Gasteiger partial charge in [0.05, 0.1) is 18.8 Å². The van der Waals surface area contributed by atoms with E-state index in [0.29, 0.717) is 25.0 Å². The summed E-state index contributed by atoms with van der Waals surface area (Å²) in [6.07, 6.45) is 2.49. The van der Waals surface area contributed by atoms with Crippen molar-refractivity contribution in [1.29, 1.82) is 0 Å². The number of methoxy groups -OCH3 is 2. The van der Waals surface area contributed by atoms with Gasteiger partial charge in [0.2, 0.25) is 0 Å². The van der Waals surface area contributed by atoms with Crippen molar-refractivity contribution in [2.24, 2.45) is 17.6 Å². The zero-order chi connectivity index (χ0) is 13.6. The largest absolute Gasteiger partial charge is 0.384 e. The number of ether oxygens (including phenoxy) is 2. The van der Waals surface area contributed by atoms with E-state index in [1.165, 1.54) is 12.8 Å². The van der Waals surface area contributed by atoms with E-state index in [9.17, 15) is 0 Å². The second-order valence-corrected chi connectivity index (χ2v) is 5.81. The lowest BCUT2D eigenvalue weighted by atomic mass is 9.82. The minimum Gasteiger partial charge on any atom is -0.384 e. The van der Waals surface area contributed by atoms with E-state index < -0.39 is 0 Å². The Morgan fingerprint density at radius 2 is 2.06 bits per heavy atom. The highest BCUT2D eigenvalue weighted by atomic mass is 16.5. The van der Waals surface area contributed by atoms with Gasteiger partial charge in [-0.2, -0.15) is 0 Å². The third kappa shape index (κ3) is 3.44. The molecule has 0 aromatic heterocycles. The van der Waals surface area contributed by atoms with Gasteiger partial charge in [-0.3, -0.25) is 4.90 Å². The first-order chi connectivity index (χ1) is 8.60. The van der Waals surface area contributed by atoms with Gasteiger partial charge in [0, 0.05) is 27.3 Å². The Bertz CT molecular complexity index is 234. The average molecular weight is 258 g/mol. The minimum absolute atomic E-state index is 0.0266. The molecule has 0 aromatic rings. The van der Waals surface area contributed by atoms with Crippen LogP contribution in [-0.2, 0) is 9.47 Å². The van der Waals surface area contributed by atoms with E-state index in [4.69, 9.17) is 15.2 Å². The molecule has 4 heteroatoms. The van der Waals surface area contributed by atoms with Crippen molar-refractivity contribution in [3.8, 4) is 0 Å². The summed E-state index contributed by atoms with van der Waals surface area (Å²) < 4.78 is 10.8. The minimum atomic E-state index is -0.0266. The summed E-state index contributed by atoms with van der Waals surface area (Å²) >= 11 is 0. The molecule has 1 saturated heterocycles. The van der Waals surface area contributed by atoms with E-state index in [0.717, 1.165) is 19.7 Å². The van der Waals surface area contributed by atoms with Crippen LogP contribution in [0.25, 0.3) is 0 Å². The maximum absolute atomic E-state index is 6.09. The molecule has 1 rings (SSSR count). The summed E-state index contributed by atoms with van der Waals surface area (Å²) in [5, 5.41) is 0. The van der Waals surface area contributed by atoms with Gasteiger partial charge < -0.3 is 15.2 Å². The van der Waals surface area contributed by atoms with E-state index in [1.807, 2.05) is 0 Å². The maximum Gasteiger partial charge on any atom is 0.0661 e. The molecular weight excluding hydrogens is 228 g/mol. The number of nitrogens with two attached hydrogens (primary N) is 1. The van der Waals surface area contributed by atoms with Crippen molar-refractivity contribution in [2.45, 2.75) is 32.2 Å². The second kappa shape index (κ2) is 7.43. The summed E-state index contributed by atoms with van der Waals surface area (Å²) in [5.74, 6) is 1.12. The van der Waals surface area contributed by atoms with Crippen LogP contribution in [0.15, 0.2) is 0 Å². The Morgan fingerprint density at radius 1 is 1.33 bits per heavy atom. The Hall–Kier alpha value is -0.160. The Balaban J connectivity index is 2.77. The quantitative estimate of drug-likeness (QED) is 0.749. The molecule has 0 saturated carbocycles. The van der Waals surface area contributed by atoms with Gasteiger partial charge in [0.25, 0.3) is 0 Å². The molecule has 0 aliphatic carbocycles. The summed E-state index contributed by atoms with van der Waals surface area (Å²) in [6, 6.07) is 0. The highest BCUT2D eigenvalue weighted by Crippen LogP contribution is 2.30. The molecule has 0 amide bonds. The fraction of sp³-hybridized carbons (Fsp3) is 1.00. The topological polar surface area (TPSA) is 47.7 Å². The third-order valence-corrected chi connectivity index (χ3v) is 4.37. The van der Waals surface area contributed by atoms with Gasteiger partial charge in [-0.05, 0) is 31.2 Å². The second-order valence-electron chi connectivity index (χ2n) is 5.81. The molecule has 2 unspecified atom stereocenters. The zero-order valence-corrected chi connectivity index (χ0v) is 12.4. The van der Waals surface area contributed by atoms with E-state index >= 15 is 0 Å². The van der Waals surface area contributed by atoms with Gasteiger partial charge in [0.15, 0.2) is 0 Å². The Morgan fingerprint density at radius 3 is 2.56 bits per heavy atom. The fourth-order valence-corrected chi connectivity index (χ4v) is 3.14. The van der Waals surface area contributed by atoms with Crippen molar-refractivity contribution in [3.05, 3.63) is 0 Å². The summed E-state index contributed by atoms with van der Waals surface area (Å²) in [7, 11) is 3.55. The van der Waals surface area contributed by atoms with Crippen LogP contribution in [-0.4, -0.2) is 57.5 Å². The van der Waals surface area contributed by atoms with Gasteiger partial charge in [-0.15, -0.1) is 0 Å². The van der Waals surface area contributed by atoms with Crippen LogP contribution in [0.3, 0.4) is 0 Å². The lowest BCUT2D eigenvalue weighted by Crippen LogP contribution is -2.62. The summed E-state index contributed by atoms with van der Waals surface area (Å²) in [5.41, 5.74) is 6.07. The summed E-state index contributed by atoms with van der Waals surface area (Å²) in [4.78, 5) is 2.54. The number of hydrogen-bond acceptors (Lipinski definition) is 4. The molecule has 1 aliphatic heterocycles. The molecule has 1 fully saturated rings. The molecule has 0 spiro atoms. The predicted molar refractivity (Wildman–Crippen MR) is 74.7 cm³/mol. The molecule has 108 valence electrons. The molecule has 0 bridgehead atoms. The Kier molecular flexibility index (Phi) is 6.57. The van der Waals surface area contributed by atoms with Crippen LogP contribution in [0.2, 0.25) is 0 Å². The predicted octanol–water partition coefficient (Wildman–Crippen LogP) is 1.34. The fourth-order valence-electron chi connectivity index (χ4n) is 3.14. The molecule has 4 nitrogen and oxygen atoms in total. The van der Waals surface area contributed by atoms with Crippen molar-refractivity contribution >= 4 is 0 Å². The molecule has 1 heterocycles. The van der Waals surface area contributed by atoms with Crippen molar-refractivity contribution in [2.75, 3.05) is 47.1 Å². The number of likely N-dealkylation sites (tertiary alicyclic amines) is 1. The number of nitrogens with zero attached hydrogens (tertiary/aromatic N) is 1. The SMILES string of the molecule is COCC1CCCN(C(CN)(COC)C(C)C)C1. The summed E-state index contributed by atoms with van der Waals surface area (Å²) in [6.45, 7) is 8.89. The first kappa shape index (κ1) is 15.9. The Labute approximate surface area is 112 Å². The van der Waals surface area contributed by atoms with Gasteiger partial charge in [-0.1, -0.05) is 13.8 Å². The van der Waals surface area contributed by atoms with Crippen LogP contribution in [0.4, 0.5) is 0 Å².